The lowest BCUT2D eigenvalue weighted by Crippen LogP contribution is -2.25. The molecule has 0 spiro atoms. The number of aryl methyl sites for hydroxylation is 1. The third-order valence-corrected chi connectivity index (χ3v) is 2.31. The maximum absolute atomic E-state index is 9.86. The largest absolute Gasteiger partial charge is 0.391 e. The van der Waals surface area contributed by atoms with E-state index in [0.717, 1.165) is 5.69 Å². The molecule has 0 radical (unpaired) electrons. The van der Waals surface area contributed by atoms with E-state index >= 15 is 0 Å². The van der Waals surface area contributed by atoms with Crippen molar-refractivity contribution in [2.24, 2.45) is 5.41 Å². The molecule has 0 aromatic carbocycles. The van der Waals surface area contributed by atoms with Crippen molar-refractivity contribution in [1.29, 1.82) is 5.26 Å². The van der Waals surface area contributed by atoms with E-state index in [1.807, 2.05) is 6.07 Å². The lowest BCUT2D eigenvalue weighted by atomic mass is 9.89. The molecule has 18 heavy (non-hydrogen) atoms. The summed E-state index contributed by atoms with van der Waals surface area (Å²) < 4.78 is 0. The van der Waals surface area contributed by atoms with Gasteiger partial charge < -0.3 is 10.4 Å². The predicted molar refractivity (Wildman–Crippen MR) is 70.1 cm³/mol. The number of hydrogen-bond donors (Lipinski definition) is 2. The van der Waals surface area contributed by atoms with Gasteiger partial charge in [-0.2, -0.15) is 5.26 Å². The van der Waals surface area contributed by atoms with Crippen molar-refractivity contribution < 1.29 is 5.11 Å². The maximum atomic E-state index is 9.86. The van der Waals surface area contributed by atoms with Crippen molar-refractivity contribution in [2.75, 3.05) is 11.9 Å². The SMILES string of the molecule is Cc1cc(C#N)nc(NCC(O)CC(C)(C)C)n1. The van der Waals surface area contributed by atoms with Gasteiger partial charge in [0.15, 0.2) is 0 Å². The van der Waals surface area contributed by atoms with Gasteiger partial charge >= 0.3 is 0 Å². The number of rotatable bonds is 4. The first kappa shape index (κ1) is 14.4. The summed E-state index contributed by atoms with van der Waals surface area (Å²) in [5.74, 6) is 0.388. The van der Waals surface area contributed by atoms with Gasteiger partial charge in [0.2, 0.25) is 5.95 Å². The number of nitrogens with one attached hydrogen (secondary N) is 1. The van der Waals surface area contributed by atoms with Crippen molar-refractivity contribution in [3.8, 4) is 6.07 Å². The van der Waals surface area contributed by atoms with Gasteiger partial charge in [0.05, 0.1) is 6.10 Å². The Morgan fingerprint density at radius 1 is 1.44 bits per heavy atom. The zero-order valence-electron chi connectivity index (χ0n) is 11.4. The van der Waals surface area contributed by atoms with E-state index in [-0.39, 0.29) is 5.41 Å². The number of aromatic nitrogens is 2. The van der Waals surface area contributed by atoms with Gasteiger partial charge in [-0.15, -0.1) is 0 Å². The molecule has 1 heterocycles. The molecule has 0 aliphatic carbocycles. The molecule has 1 rings (SSSR count). The van der Waals surface area contributed by atoms with E-state index in [1.165, 1.54) is 0 Å². The van der Waals surface area contributed by atoms with Crippen molar-refractivity contribution in [2.45, 2.75) is 40.2 Å². The number of nitriles is 1. The van der Waals surface area contributed by atoms with Crippen LogP contribution in [-0.4, -0.2) is 27.7 Å². The standard InChI is InChI=1S/C13H20N4O/c1-9-5-10(7-14)17-12(16-9)15-8-11(18)6-13(2,3)4/h5,11,18H,6,8H2,1-4H3,(H,15,16,17). The fraction of sp³-hybridized carbons (Fsp3) is 0.615. The van der Waals surface area contributed by atoms with E-state index in [0.29, 0.717) is 24.6 Å². The fourth-order valence-corrected chi connectivity index (χ4v) is 1.69. The molecule has 1 aromatic heterocycles. The number of aliphatic hydroxyl groups is 1. The van der Waals surface area contributed by atoms with Gasteiger partial charge in [-0.3, -0.25) is 0 Å². The average molecular weight is 248 g/mol. The Kier molecular flexibility index (Phi) is 4.62. The van der Waals surface area contributed by atoms with Crippen LogP contribution in [0.2, 0.25) is 0 Å². The Morgan fingerprint density at radius 3 is 2.67 bits per heavy atom. The second-order valence-electron chi connectivity index (χ2n) is 5.63. The Morgan fingerprint density at radius 2 is 2.11 bits per heavy atom. The van der Waals surface area contributed by atoms with E-state index < -0.39 is 6.10 Å². The molecule has 1 aromatic rings. The fourth-order valence-electron chi connectivity index (χ4n) is 1.69. The van der Waals surface area contributed by atoms with E-state index in [4.69, 9.17) is 5.26 Å². The molecule has 2 N–H and O–H groups in total. The summed E-state index contributed by atoms with van der Waals surface area (Å²) >= 11 is 0. The molecular formula is C13H20N4O. The van der Waals surface area contributed by atoms with Gasteiger partial charge in [0, 0.05) is 12.2 Å². The summed E-state index contributed by atoms with van der Waals surface area (Å²) in [7, 11) is 0. The molecule has 0 bridgehead atoms. The normalized spacial score (nSPS) is 12.9. The van der Waals surface area contributed by atoms with Crippen LogP contribution in [-0.2, 0) is 0 Å². The average Bonchev–Trinajstić information content (AvgIpc) is 2.23. The summed E-state index contributed by atoms with van der Waals surface area (Å²) in [5.41, 5.74) is 1.14. The van der Waals surface area contributed by atoms with Gasteiger partial charge in [-0.05, 0) is 24.8 Å². The van der Waals surface area contributed by atoms with Crippen molar-refractivity contribution in [3.05, 3.63) is 17.5 Å². The first-order valence-electron chi connectivity index (χ1n) is 5.98. The number of nitrogens with zero attached hydrogens (tertiary/aromatic N) is 3. The van der Waals surface area contributed by atoms with Crippen molar-refractivity contribution in [3.63, 3.8) is 0 Å². The summed E-state index contributed by atoms with van der Waals surface area (Å²) in [6.45, 7) is 8.42. The smallest absolute Gasteiger partial charge is 0.224 e. The van der Waals surface area contributed by atoms with Crippen LogP contribution in [0.4, 0.5) is 5.95 Å². The van der Waals surface area contributed by atoms with Crippen LogP contribution in [0, 0.1) is 23.7 Å². The highest BCUT2D eigenvalue weighted by Gasteiger charge is 2.16. The molecule has 5 heteroatoms. The molecule has 0 aliphatic heterocycles. The van der Waals surface area contributed by atoms with Gasteiger partial charge in [0.25, 0.3) is 0 Å². The van der Waals surface area contributed by atoms with Crippen LogP contribution in [0.1, 0.15) is 38.6 Å². The minimum atomic E-state index is -0.459. The van der Waals surface area contributed by atoms with Crippen LogP contribution in [0.3, 0.4) is 0 Å². The van der Waals surface area contributed by atoms with E-state index in [1.54, 1.807) is 13.0 Å². The topological polar surface area (TPSA) is 81.8 Å². The third kappa shape index (κ3) is 5.11. The molecular weight excluding hydrogens is 228 g/mol. The van der Waals surface area contributed by atoms with Crippen LogP contribution >= 0.6 is 0 Å². The van der Waals surface area contributed by atoms with Crippen LogP contribution in [0.15, 0.2) is 6.07 Å². The minimum Gasteiger partial charge on any atom is -0.391 e. The molecule has 0 saturated heterocycles. The Hall–Kier alpha value is -1.67. The quantitative estimate of drug-likeness (QED) is 0.850. The lowest BCUT2D eigenvalue weighted by Gasteiger charge is -2.22. The predicted octanol–water partition coefficient (Wildman–Crippen LogP) is 1.87. The second kappa shape index (κ2) is 5.78. The lowest BCUT2D eigenvalue weighted by molar-refractivity contribution is 0.132. The number of anilines is 1. The number of aliphatic hydroxyl groups excluding tert-OH is 1. The van der Waals surface area contributed by atoms with Gasteiger partial charge in [-0.1, -0.05) is 20.8 Å². The molecule has 0 amide bonds. The zero-order valence-corrected chi connectivity index (χ0v) is 11.4. The highest BCUT2D eigenvalue weighted by Crippen LogP contribution is 2.20. The first-order chi connectivity index (χ1) is 8.30. The third-order valence-electron chi connectivity index (χ3n) is 2.31. The Labute approximate surface area is 108 Å². The highest BCUT2D eigenvalue weighted by atomic mass is 16.3. The van der Waals surface area contributed by atoms with Crippen molar-refractivity contribution in [1.82, 2.24) is 9.97 Å². The Balaban J connectivity index is 2.59. The number of hydrogen-bond acceptors (Lipinski definition) is 5. The minimum absolute atomic E-state index is 0.0758. The summed E-state index contributed by atoms with van der Waals surface area (Å²) in [5, 5.41) is 21.6. The van der Waals surface area contributed by atoms with Crippen molar-refractivity contribution >= 4 is 5.95 Å². The Bertz CT molecular complexity index is 445. The van der Waals surface area contributed by atoms with E-state index in [9.17, 15) is 5.11 Å². The summed E-state index contributed by atoms with van der Waals surface area (Å²) in [6, 6.07) is 3.60. The van der Waals surface area contributed by atoms with Crippen LogP contribution in [0.5, 0.6) is 0 Å². The van der Waals surface area contributed by atoms with E-state index in [2.05, 4.69) is 36.1 Å². The molecule has 5 nitrogen and oxygen atoms in total. The summed E-state index contributed by atoms with van der Waals surface area (Å²) in [4.78, 5) is 8.19. The monoisotopic (exact) mass is 248 g/mol. The summed E-state index contributed by atoms with van der Waals surface area (Å²) in [6.07, 6.45) is 0.233. The first-order valence-corrected chi connectivity index (χ1v) is 5.98. The zero-order chi connectivity index (χ0) is 13.8. The maximum Gasteiger partial charge on any atom is 0.224 e. The molecule has 98 valence electrons. The van der Waals surface area contributed by atoms with Crippen LogP contribution < -0.4 is 5.32 Å². The second-order valence-corrected chi connectivity index (χ2v) is 5.63. The molecule has 0 fully saturated rings. The molecule has 1 unspecified atom stereocenters. The molecule has 1 atom stereocenters. The van der Waals surface area contributed by atoms with Crippen LogP contribution in [0.25, 0.3) is 0 Å². The molecule has 0 aliphatic rings. The highest BCUT2D eigenvalue weighted by molar-refractivity contribution is 5.32. The van der Waals surface area contributed by atoms with Gasteiger partial charge in [-0.25, -0.2) is 9.97 Å². The van der Waals surface area contributed by atoms with Gasteiger partial charge in [0.1, 0.15) is 11.8 Å². The molecule has 0 saturated carbocycles.